The molecular formula is C18H34O5Si. The molecule has 0 fully saturated rings. The molecule has 0 rings (SSSR count). The van der Waals surface area contributed by atoms with Gasteiger partial charge in [0.15, 0.2) is 5.41 Å². The molecule has 0 aromatic heterocycles. The van der Waals surface area contributed by atoms with E-state index in [2.05, 4.69) is 19.6 Å². The van der Waals surface area contributed by atoms with Crippen molar-refractivity contribution in [3.63, 3.8) is 0 Å². The van der Waals surface area contributed by atoms with Gasteiger partial charge in [0.25, 0.3) is 0 Å². The van der Waals surface area contributed by atoms with Crippen molar-refractivity contribution < 1.29 is 23.8 Å². The van der Waals surface area contributed by atoms with Crippen molar-refractivity contribution >= 4 is 20.0 Å². The van der Waals surface area contributed by atoms with Crippen LogP contribution in [0.5, 0.6) is 0 Å². The van der Waals surface area contributed by atoms with E-state index in [0.717, 1.165) is 11.6 Å². The van der Waals surface area contributed by atoms with E-state index in [1.807, 2.05) is 20.8 Å². The topological polar surface area (TPSA) is 61.8 Å². The fourth-order valence-electron chi connectivity index (χ4n) is 2.16. The van der Waals surface area contributed by atoms with Crippen LogP contribution in [0.3, 0.4) is 0 Å². The van der Waals surface area contributed by atoms with Crippen molar-refractivity contribution in [2.24, 2.45) is 5.41 Å². The highest BCUT2D eigenvalue weighted by molar-refractivity contribution is 6.76. The number of rotatable bonds is 10. The molecule has 0 unspecified atom stereocenters. The summed E-state index contributed by atoms with van der Waals surface area (Å²) >= 11 is 0. The number of allylic oxidation sites excluding steroid dienone is 2. The van der Waals surface area contributed by atoms with Crippen molar-refractivity contribution in [2.45, 2.75) is 59.3 Å². The van der Waals surface area contributed by atoms with Gasteiger partial charge in [0.1, 0.15) is 0 Å². The lowest BCUT2D eigenvalue weighted by Gasteiger charge is -2.29. The molecule has 0 amide bonds. The number of ether oxygens (including phenoxy) is 3. The molecule has 0 radical (unpaired) electrons. The molecule has 0 aromatic rings. The first-order valence-corrected chi connectivity index (χ1v) is 12.1. The van der Waals surface area contributed by atoms with Crippen LogP contribution in [0, 0.1) is 5.41 Å². The Balaban J connectivity index is 5.31. The molecule has 0 saturated carbocycles. The van der Waals surface area contributed by atoms with E-state index >= 15 is 0 Å². The minimum atomic E-state index is -1.40. The quantitative estimate of drug-likeness (QED) is 0.257. The molecule has 1 atom stereocenters. The van der Waals surface area contributed by atoms with Gasteiger partial charge in [-0.25, -0.2) is 0 Å². The molecule has 5 nitrogen and oxygen atoms in total. The van der Waals surface area contributed by atoms with E-state index in [-0.39, 0.29) is 6.61 Å². The highest BCUT2D eigenvalue weighted by atomic mass is 28.3. The Hall–Kier alpha value is -1.14. The second-order valence-electron chi connectivity index (χ2n) is 7.73. The van der Waals surface area contributed by atoms with E-state index in [4.69, 9.17) is 14.2 Å². The molecule has 0 aliphatic carbocycles. The number of methoxy groups -OCH3 is 2. The Morgan fingerprint density at radius 1 is 1.00 bits per heavy atom. The Kier molecular flexibility index (Phi) is 9.51. The lowest BCUT2D eigenvalue weighted by atomic mass is 9.82. The zero-order valence-electron chi connectivity index (χ0n) is 16.6. The third kappa shape index (κ3) is 7.17. The fraction of sp³-hybridized carbons (Fsp3) is 0.778. The SMILES string of the molecule is COC[C@](CCC(C)=C(C)C)(C(=O)OC)C(=O)OCC[Si](C)(C)C. The predicted molar refractivity (Wildman–Crippen MR) is 98.7 cm³/mol. The summed E-state index contributed by atoms with van der Waals surface area (Å²) < 4.78 is 15.5. The molecule has 0 aliphatic heterocycles. The maximum absolute atomic E-state index is 12.7. The zero-order chi connectivity index (χ0) is 19.0. The van der Waals surface area contributed by atoms with Gasteiger partial charge in [0.2, 0.25) is 0 Å². The van der Waals surface area contributed by atoms with E-state index in [9.17, 15) is 9.59 Å². The molecule has 140 valence electrons. The lowest BCUT2D eigenvalue weighted by Crippen LogP contribution is -2.45. The second-order valence-corrected chi connectivity index (χ2v) is 13.4. The minimum Gasteiger partial charge on any atom is -0.468 e. The normalized spacial score (nSPS) is 13.8. The first kappa shape index (κ1) is 22.9. The number of hydrogen-bond acceptors (Lipinski definition) is 5. The molecule has 6 heteroatoms. The van der Waals surface area contributed by atoms with Crippen molar-refractivity contribution in [2.75, 3.05) is 27.4 Å². The van der Waals surface area contributed by atoms with Crippen molar-refractivity contribution in [1.29, 1.82) is 0 Å². The van der Waals surface area contributed by atoms with Crippen molar-refractivity contribution in [3.8, 4) is 0 Å². The maximum Gasteiger partial charge on any atom is 0.325 e. The molecule has 0 bridgehead atoms. The third-order valence-electron chi connectivity index (χ3n) is 4.22. The van der Waals surface area contributed by atoms with E-state index < -0.39 is 25.4 Å². The van der Waals surface area contributed by atoms with Crippen LogP contribution in [0.25, 0.3) is 0 Å². The summed E-state index contributed by atoms with van der Waals surface area (Å²) in [4.78, 5) is 25.1. The van der Waals surface area contributed by atoms with Crippen molar-refractivity contribution in [1.82, 2.24) is 0 Å². The predicted octanol–water partition coefficient (Wildman–Crippen LogP) is 3.81. The largest absolute Gasteiger partial charge is 0.468 e. The van der Waals surface area contributed by atoms with Crippen LogP contribution >= 0.6 is 0 Å². The summed E-state index contributed by atoms with van der Waals surface area (Å²) in [6.45, 7) is 12.9. The van der Waals surface area contributed by atoms with Gasteiger partial charge in [-0.3, -0.25) is 9.59 Å². The molecule has 0 aliphatic rings. The van der Waals surface area contributed by atoms with Crippen LogP contribution in [-0.2, 0) is 23.8 Å². The summed E-state index contributed by atoms with van der Waals surface area (Å²) in [5.41, 5.74) is 0.923. The molecule has 0 saturated heterocycles. The highest BCUT2D eigenvalue weighted by Crippen LogP contribution is 2.31. The first-order valence-electron chi connectivity index (χ1n) is 8.37. The van der Waals surface area contributed by atoms with Gasteiger partial charge in [0, 0.05) is 15.2 Å². The minimum absolute atomic E-state index is 0.0402. The molecule has 0 spiro atoms. The molecule has 0 heterocycles. The smallest absolute Gasteiger partial charge is 0.325 e. The number of hydrogen-bond donors (Lipinski definition) is 0. The van der Waals surface area contributed by atoms with Crippen LogP contribution < -0.4 is 0 Å². The van der Waals surface area contributed by atoms with E-state index in [0.29, 0.717) is 19.4 Å². The van der Waals surface area contributed by atoms with E-state index in [1.165, 1.54) is 19.8 Å². The summed E-state index contributed by atoms with van der Waals surface area (Å²) in [5, 5.41) is 0. The summed E-state index contributed by atoms with van der Waals surface area (Å²) in [5.74, 6) is -1.14. The van der Waals surface area contributed by atoms with Crippen molar-refractivity contribution in [3.05, 3.63) is 11.1 Å². The Morgan fingerprint density at radius 2 is 1.58 bits per heavy atom. The summed E-state index contributed by atoms with van der Waals surface area (Å²) in [7, 11) is 1.44. The zero-order valence-corrected chi connectivity index (χ0v) is 17.6. The van der Waals surface area contributed by atoms with Gasteiger partial charge in [0.05, 0.1) is 20.3 Å². The molecule has 24 heavy (non-hydrogen) atoms. The van der Waals surface area contributed by atoms with Crippen LogP contribution in [-0.4, -0.2) is 47.4 Å². The Labute approximate surface area is 147 Å². The average Bonchev–Trinajstić information content (AvgIpc) is 2.48. The van der Waals surface area contributed by atoms with Crippen LogP contribution in [0.15, 0.2) is 11.1 Å². The van der Waals surface area contributed by atoms with Crippen LogP contribution in [0.4, 0.5) is 0 Å². The van der Waals surface area contributed by atoms with Gasteiger partial charge in [-0.2, -0.15) is 0 Å². The Morgan fingerprint density at radius 3 is 2.00 bits per heavy atom. The summed E-state index contributed by atoms with van der Waals surface area (Å²) in [6, 6.07) is 0.857. The monoisotopic (exact) mass is 358 g/mol. The summed E-state index contributed by atoms with van der Waals surface area (Å²) in [6.07, 6.45) is 0.931. The maximum atomic E-state index is 12.7. The number of carbonyl (C=O) groups excluding carboxylic acids is 2. The van der Waals surface area contributed by atoms with E-state index in [1.54, 1.807) is 0 Å². The molecular weight excluding hydrogens is 324 g/mol. The fourth-order valence-corrected chi connectivity index (χ4v) is 2.87. The van der Waals surface area contributed by atoms with Gasteiger partial charge < -0.3 is 14.2 Å². The van der Waals surface area contributed by atoms with Gasteiger partial charge in [-0.15, -0.1) is 0 Å². The van der Waals surface area contributed by atoms with Gasteiger partial charge in [-0.05, 0) is 39.7 Å². The Bertz CT molecular complexity index is 461. The highest BCUT2D eigenvalue weighted by Gasteiger charge is 2.48. The number of esters is 2. The van der Waals surface area contributed by atoms with Gasteiger partial charge >= 0.3 is 11.9 Å². The number of carbonyl (C=O) groups is 2. The van der Waals surface area contributed by atoms with Crippen LogP contribution in [0.1, 0.15) is 33.6 Å². The second kappa shape index (κ2) is 9.99. The standard InChI is InChI=1S/C18H34O5Si/c1-14(2)15(3)9-10-18(13-21-4,16(19)22-5)17(20)23-11-12-24(6,7)8/h9-13H2,1-8H3/t18-/m1/s1. The van der Waals surface area contributed by atoms with Gasteiger partial charge in [-0.1, -0.05) is 30.8 Å². The molecule has 0 N–H and O–H groups in total. The van der Waals surface area contributed by atoms with Crippen LogP contribution in [0.2, 0.25) is 25.7 Å². The first-order chi connectivity index (χ1) is 11.0. The molecule has 0 aromatic carbocycles. The third-order valence-corrected chi connectivity index (χ3v) is 5.93. The lowest BCUT2D eigenvalue weighted by molar-refractivity contribution is -0.175. The average molecular weight is 359 g/mol.